The SMILES string of the molecule is CC(C)C1(C#N)CCCCCC1. The van der Waals surface area contributed by atoms with Crippen LogP contribution >= 0.6 is 0 Å². The van der Waals surface area contributed by atoms with Crippen LogP contribution in [0.3, 0.4) is 0 Å². The van der Waals surface area contributed by atoms with Crippen molar-refractivity contribution in [3.63, 3.8) is 0 Å². The molecule has 0 heterocycles. The molecular formula is C11H19N. The van der Waals surface area contributed by atoms with Gasteiger partial charge in [-0.25, -0.2) is 0 Å². The first-order chi connectivity index (χ1) is 5.71. The molecule has 0 spiro atoms. The summed E-state index contributed by atoms with van der Waals surface area (Å²) >= 11 is 0. The molecule has 0 atom stereocenters. The third-order valence-corrected chi connectivity index (χ3v) is 3.32. The average molecular weight is 165 g/mol. The molecule has 0 unspecified atom stereocenters. The number of nitriles is 1. The molecule has 1 heteroatoms. The molecule has 1 saturated carbocycles. The van der Waals surface area contributed by atoms with Crippen LogP contribution in [0.15, 0.2) is 0 Å². The van der Waals surface area contributed by atoms with Crippen LogP contribution < -0.4 is 0 Å². The van der Waals surface area contributed by atoms with Crippen molar-refractivity contribution in [3.8, 4) is 6.07 Å². The molecule has 0 amide bonds. The summed E-state index contributed by atoms with van der Waals surface area (Å²) < 4.78 is 0. The molecule has 0 aromatic rings. The van der Waals surface area contributed by atoms with Gasteiger partial charge in [0.1, 0.15) is 0 Å². The van der Waals surface area contributed by atoms with E-state index in [1.54, 1.807) is 0 Å². The van der Waals surface area contributed by atoms with Gasteiger partial charge in [-0.2, -0.15) is 5.26 Å². The van der Waals surface area contributed by atoms with Crippen LogP contribution in [0.2, 0.25) is 0 Å². The Kier molecular flexibility index (Phi) is 3.14. The number of rotatable bonds is 1. The van der Waals surface area contributed by atoms with Gasteiger partial charge >= 0.3 is 0 Å². The smallest absolute Gasteiger partial charge is 0.0692 e. The van der Waals surface area contributed by atoms with Crippen molar-refractivity contribution < 1.29 is 0 Å². The fourth-order valence-electron chi connectivity index (χ4n) is 2.18. The van der Waals surface area contributed by atoms with Crippen molar-refractivity contribution in [1.82, 2.24) is 0 Å². The fourth-order valence-corrected chi connectivity index (χ4v) is 2.18. The van der Waals surface area contributed by atoms with Crippen molar-refractivity contribution in [1.29, 1.82) is 5.26 Å². The minimum absolute atomic E-state index is 0.0104. The van der Waals surface area contributed by atoms with E-state index in [1.165, 1.54) is 25.7 Å². The second kappa shape index (κ2) is 3.94. The van der Waals surface area contributed by atoms with E-state index >= 15 is 0 Å². The van der Waals surface area contributed by atoms with Gasteiger partial charge in [0, 0.05) is 0 Å². The second-order valence-corrected chi connectivity index (χ2v) is 4.34. The lowest BCUT2D eigenvalue weighted by molar-refractivity contribution is 0.240. The Labute approximate surface area is 75.8 Å². The monoisotopic (exact) mass is 165 g/mol. The maximum Gasteiger partial charge on any atom is 0.0692 e. The highest BCUT2D eigenvalue weighted by Gasteiger charge is 2.33. The number of nitrogens with zero attached hydrogens (tertiary/aromatic N) is 1. The molecule has 1 nitrogen and oxygen atoms in total. The summed E-state index contributed by atoms with van der Waals surface area (Å²) in [5.74, 6) is 0.528. The lowest BCUT2D eigenvalue weighted by Crippen LogP contribution is -2.24. The molecule has 0 aromatic carbocycles. The highest BCUT2D eigenvalue weighted by atomic mass is 14.4. The molecule has 1 fully saturated rings. The highest BCUT2D eigenvalue weighted by molar-refractivity contribution is 5.01. The summed E-state index contributed by atoms with van der Waals surface area (Å²) in [5.41, 5.74) is 0.0104. The Bertz CT molecular complexity index is 168. The Morgan fingerprint density at radius 3 is 1.92 bits per heavy atom. The minimum Gasteiger partial charge on any atom is -0.198 e. The molecule has 0 aromatic heterocycles. The predicted molar refractivity (Wildman–Crippen MR) is 50.6 cm³/mol. The molecule has 0 aliphatic heterocycles. The topological polar surface area (TPSA) is 23.8 Å². The summed E-state index contributed by atoms with van der Waals surface area (Å²) in [6, 6.07) is 2.56. The molecule has 0 radical (unpaired) electrons. The van der Waals surface area contributed by atoms with Crippen molar-refractivity contribution in [2.24, 2.45) is 11.3 Å². The molecule has 0 N–H and O–H groups in total. The zero-order chi connectivity index (χ0) is 9.03. The zero-order valence-corrected chi connectivity index (χ0v) is 8.27. The van der Waals surface area contributed by atoms with Crippen LogP contribution in [-0.4, -0.2) is 0 Å². The lowest BCUT2D eigenvalue weighted by Gasteiger charge is -2.28. The Balaban J connectivity index is 2.70. The normalized spacial score (nSPS) is 23.2. The van der Waals surface area contributed by atoms with Crippen molar-refractivity contribution >= 4 is 0 Å². The molecule has 0 saturated heterocycles. The van der Waals surface area contributed by atoms with Gasteiger partial charge in [-0.15, -0.1) is 0 Å². The third-order valence-electron chi connectivity index (χ3n) is 3.32. The second-order valence-electron chi connectivity index (χ2n) is 4.34. The summed E-state index contributed by atoms with van der Waals surface area (Å²) in [5, 5.41) is 9.19. The maximum absolute atomic E-state index is 9.19. The van der Waals surface area contributed by atoms with Gasteiger partial charge < -0.3 is 0 Å². The molecule has 1 rings (SSSR count). The summed E-state index contributed by atoms with van der Waals surface area (Å²) in [6.45, 7) is 4.38. The predicted octanol–water partition coefficient (Wildman–Crippen LogP) is 3.51. The molecule has 0 bridgehead atoms. The Hall–Kier alpha value is -0.510. The van der Waals surface area contributed by atoms with E-state index in [9.17, 15) is 5.26 Å². The Morgan fingerprint density at radius 1 is 1.08 bits per heavy atom. The van der Waals surface area contributed by atoms with Gasteiger partial charge in [0.05, 0.1) is 11.5 Å². The van der Waals surface area contributed by atoms with Gasteiger partial charge in [-0.1, -0.05) is 39.5 Å². The molecule has 1 aliphatic carbocycles. The maximum atomic E-state index is 9.19. The van der Waals surface area contributed by atoms with Gasteiger partial charge in [-0.05, 0) is 18.8 Å². The summed E-state index contributed by atoms with van der Waals surface area (Å²) in [6.07, 6.45) is 7.42. The Morgan fingerprint density at radius 2 is 1.58 bits per heavy atom. The van der Waals surface area contributed by atoms with Crippen LogP contribution in [0.4, 0.5) is 0 Å². The summed E-state index contributed by atoms with van der Waals surface area (Å²) in [4.78, 5) is 0. The van der Waals surface area contributed by atoms with Crippen LogP contribution in [0.5, 0.6) is 0 Å². The zero-order valence-electron chi connectivity index (χ0n) is 8.27. The van der Waals surface area contributed by atoms with Crippen LogP contribution in [-0.2, 0) is 0 Å². The van der Waals surface area contributed by atoms with Crippen molar-refractivity contribution in [2.75, 3.05) is 0 Å². The first-order valence-corrected chi connectivity index (χ1v) is 5.12. The van der Waals surface area contributed by atoms with E-state index in [0.29, 0.717) is 5.92 Å². The summed E-state index contributed by atoms with van der Waals surface area (Å²) in [7, 11) is 0. The fraction of sp³-hybridized carbons (Fsp3) is 0.909. The van der Waals surface area contributed by atoms with Gasteiger partial charge in [0.25, 0.3) is 0 Å². The minimum atomic E-state index is 0.0104. The standard InChI is InChI=1S/C11H19N/c1-10(2)11(9-12)7-5-3-4-6-8-11/h10H,3-8H2,1-2H3. The van der Waals surface area contributed by atoms with Crippen LogP contribution in [0, 0.1) is 22.7 Å². The largest absolute Gasteiger partial charge is 0.198 e. The number of hydrogen-bond donors (Lipinski definition) is 0. The average Bonchev–Trinajstić information content (AvgIpc) is 2.29. The van der Waals surface area contributed by atoms with E-state index in [-0.39, 0.29) is 5.41 Å². The van der Waals surface area contributed by atoms with E-state index in [2.05, 4.69) is 19.9 Å². The molecule has 68 valence electrons. The molecular weight excluding hydrogens is 146 g/mol. The first kappa shape index (κ1) is 9.58. The van der Waals surface area contributed by atoms with E-state index in [0.717, 1.165) is 12.8 Å². The van der Waals surface area contributed by atoms with Crippen LogP contribution in [0.25, 0.3) is 0 Å². The van der Waals surface area contributed by atoms with Gasteiger partial charge in [0.2, 0.25) is 0 Å². The van der Waals surface area contributed by atoms with Crippen LogP contribution in [0.1, 0.15) is 52.4 Å². The van der Waals surface area contributed by atoms with E-state index in [4.69, 9.17) is 0 Å². The lowest BCUT2D eigenvalue weighted by atomic mass is 9.73. The molecule has 1 aliphatic rings. The van der Waals surface area contributed by atoms with Gasteiger partial charge in [0.15, 0.2) is 0 Å². The highest BCUT2D eigenvalue weighted by Crippen LogP contribution is 2.40. The first-order valence-electron chi connectivity index (χ1n) is 5.12. The number of hydrogen-bond acceptors (Lipinski definition) is 1. The van der Waals surface area contributed by atoms with Crippen molar-refractivity contribution in [2.45, 2.75) is 52.4 Å². The third kappa shape index (κ3) is 1.80. The molecule has 12 heavy (non-hydrogen) atoms. The van der Waals surface area contributed by atoms with E-state index < -0.39 is 0 Å². The van der Waals surface area contributed by atoms with Crippen molar-refractivity contribution in [3.05, 3.63) is 0 Å². The quantitative estimate of drug-likeness (QED) is 0.545. The van der Waals surface area contributed by atoms with Gasteiger partial charge in [-0.3, -0.25) is 0 Å². The van der Waals surface area contributed by atoms with E-state index in [1.807, 2.05) is 0 Å².